The molecule has 5 bridgehead atoms. The average Bonchev–Trinajstić information content (AvgIpc) is 3.95. The number of fused-ring (bicyclic) bond motifs is 8. The lowest BCUT2D eigenvalue weighted by Gasteiger charge is -2.43. The molecule has 6 heterocycles. The zero-order valence-corrected chi connectivity index (χ0v) is 42.7. The zero-order valence-electron chi connectivity index (χ0n) is 42.0. The molecule has 1 spiro atoms. The van der Waals surface area contributed by atoms with Gasteiger partial charge in [0.2, 0.25) is 5.75 Å². The molecule has 1 amide bonds. The Hall–Kier alpha value is -5.23. The van der Waals surface area contributed by atoms with Crippen molar-refractivity contribution in [3.05, 3.63) is 70.0 Å². The van der Waals surface area contributed by atoms with Crippen molar-refractivity contribution in [2.75, 3.05) is 34.9 Å². The first-order chi connectivity index (χ1) is 34.7. The third-order valence-corrected chi connectivity index (χ3v) is 14.2. The summed E-state index contributed by atoms with van der Waals surface area (Å²) in [6.45, 7) is 8.34. The third kappa shape index (κ3) is 10.4. The van der Waals surface area contributed by atoms with Gasteiger partial charge in [-0.15, -0.1) is 0 Å². The fraction of sp³-hybridized carbons (Fsp3) is 0.547. The number of rotatable bonds is 11. The van der Waals surface area contributed by atoms with Crippen LogP contribution in [0.3, 0.4) is 0 Å². The van der Waals surface area contributed by atoms with Gasteiger partial charge in [0.25, 0.3) is 5.91 Å². The maximum absolute atomic E-state index is 14.4. The molecule has 6 N–H and O–H groups in total. The Morgan fingerprint density at radius 1 is 1.01 bits per heavy atom. The van der Waals surface area contributed by atoms with Crippen LogP contribution in [0.15, 0.2) is 53.6 Å². The van der Waals surface area contributed by atoms with Crippen LogP contribution in [-0.4, -0.2) is 173 Å². The number of aliphatic hydroxyl groups is 4. The number of carbonyl (C=O) groups excluding carboxylic acids is 1. The van der Waals surface area contributed by atoms with Crippen molar-refractivity contribution in [3.63, 3.8) is 0 Å². The number of phenolic OH excluding ortho intramolecular Hbond substituents is 1. The number of nitrogens with zero attached hydrogens (tertiary/aromatic N) is 2. The van der Waals surface area contributed by atoms with E-state index in [0.29, 0.717) is 33.4 Å². The monoisotopic (exact) mass is 1030 g/mol. The summed E-state index contributed by atoms with van der Waals surface area (Å²) in [7, 11) is 6.62. The highest BCUT2D eigenvalue weighted by atomic mass is 35.5. The number of epoxide rings is 1. The van der Waals surface area contributed by atoms with Gasteiger partial charge < -0.3 is 83.1 Å². The van der Waals surface area contributed by atoms with Crippen LogP contribution in [0.5, 0.6) is 28.7 Å². The summed E-state index contributed by atoms with van der Waals surface area (Å²) in [5, 5.41) is 60.3. The van der Waals surface area contributed by atoms with Crippen molar-refractivity contribution in [1.82, 2.24) is 15.2 Å². The van der Waals surface area contributed by atoms with Crippen molar-refractivity contribution >= 4 is 28.3 Å². The third-order valence-electron chi connectivity index (χ3n) is 14.0. The number of amides is 1. The molecule has 20 heteroatoms. The number of phenols is 1. The maximum atomic E-state index is 14.4. The van der Waals surface area contributed by atoms with Gasteiger partial charge in [-0.05, 0) is 90.5 Å². The van der Waals surface area contributed by atoms with Gasteiger partial charge in [-0.3, -0.25) is 4.79 Å². The van der Waals surface area contributed by atoms with Crippen molar-refractivity contribution in [3.8, 4) is 52.4 Å². The van der Waals surface area contributed by atoms with Crippen LogP contribution in [0.2, 0.25) is 5.15 Å². The van der Waals surface area contributed by atoms with Gasteiger partial charge in [0.15, 0.2) is 53.0 Å². The van der Waals surface area contributed by atoms with E-state index in [1.807, 2.05) is 39.8 Å². The molecule has 1 aromatic heterocycles. The van der Waals surface area contributed by atoms with E-state index >= 15 is 0 Å². The normalized spacial score (nSPS) is 34.7. The first-order valence-electron chi connectivity index (χ1n) is 24.2. The van der Waals surface area contributed by atoms with Crippen molar-refractivity contribution in [1.29, 1.82) is 0 Å². The molecular formula is C53H62ClN3O16. The van der Waals surface area contributed by atoms with E-state index in [0.717, 1.165) is 0 Å². The molecule has 19 nitrogen and oxygen atoms in total. The van der Waals surface area contributed by atoms with E-state index < -0.39 is 90.9 Å². The Morgan fingerprint density at radius 2 is 1.77 bits per heavy atom. The average molecular weight is 1030 g/mol. The standard InChI is InChI=1S/C53H62ClN3O16/c1-25(2)67-38-18-29-17-35(58)33(21-32(29)45(64-8)46(38)65-9)50(61)56-34-20-31-15-16-37(49(54)55-31)70-39-19-30-14-13-28(40(24-66-51(34)62)71-42-22-36(59)44(57(6)7)26(3)68-42)11-10-12-41-53(30,73-41)48(39)72-43-23-52(5,63)47(60)27(4)69-43/h11,15-19,21,25-27,34,36,39-44,47-48,51,58-60,62-63H,20,22-24H2,1-9H3,(H,56,61)/t26-,27-,34?,36-,39-,40?,41-,42-,43-,44+,47-,48+,51+,52+,53?/m0/s1. The summed E-state index contributed by atoms with van der Waals surface area (Å²) in [6, 6.07) is 6.15. The lowest BCUT2D eigenvalue weighted by molar-refractivity contribution is -0.290. The number of likely N-dealkylation sites (N-methyl/N-ethyl adjacent to an activating group) is 1. The first kappa shape index (κ1) is 52.6. The lowest BCUT2D eigenvalue weighted by Crippen LogP contribution is -2.57. The summed E-state index contributed by atoms with van der Waals surface area (Å²) in [6.07, 6.45) is -7.74. The van der Waals surface area contributed by atoms with E-state index in [4.69, 9.17) is 59.0 Å². The van der Waals surface area contributed by atoms with Crippen LogP contribution in [0.4, 0.5) is 0 Å². The van der Waals surface area contributed by atoms with Gasteiger partial charge >= 0.3 is 0 Å². The first-order valence-corrected chi connectivity index (χ1v) is 24.6. The Kier molecular flexibility index (Phi) is 15.0. The highest BCUT2D eigenvalue weighted by Gasteiger charge is 2.70. The number of benzene rings is 2. The molecular weight excluding hydrogens is 970 g/mol. The quantitative estimate of drug-likeness (QED) is 0.0917. The summed E-state index contributed by atoms with van der Waals surface area (Å²) in [5.41, 5.74) is -1.87. The predicted molar refractivity (Wildman–Crippen MR) is 262 cm³/mol. The minimum Gasteiger partial charge on any atom is -0.507 e. The van der Waals surface area contributed by atoms with Gasteiger partial charge in [0, 0.05) is 47.6 Å². The molecule has 2 aromatic carbocycles. The predicted octanol–water partition coefficient (Wildman–Crippen LogP) is 3.30. The second kappa shape index (κ2) is 20.8. The second-order valence-corrected chi connectivity index (χ2v) is 20.2. The smallest absolute Gasteiger partial charge is 0.255 e. The van der Waals surface area contributed by atoms with Crippen molar-refractivity contribution in [2.24, 2.45) is 0 Å². The summed E-state index contributed by atoms with van der Waals surface area (Å²) in [5.74, 6) is 12.6. The number of halogens is 1. The van der Waals surface area contributed by atoms with E-state index in [-0.39, 0.29) is 71.7 Å². The molecule has 5 aliphatic heterocycles. The maximum Gasteiger partial charge on any atom is 0.255 e. The number of aromatic hydroxyl groups is 1. The largest absolute Gasteiger partial charge is 0.507 e. The molecule has 7 aliphatic rings. The van der Waals surface area contributed by atoms with E-state index in [2.05, 4.69) is 34.0 Å². The van der Waals surface area contributed by atoms with Crippen LogP contribution in [-0.2, 0) is 34.8 Å². The van der Waals surface area contributed by atoms with Gasteiger partial charge in [-0.25, -0.2) is 4.98 Å². The van der Waals surface area contributed by atoms with E-state index in [9.17, 15) is 30.3 Å². The Bertz CT molecular complexity index is 2790. The van der Waals surface area contributed by atoms with Crippen LogP contribution >= 0.6 is 11.6 Å². The lowest BCUT2D eigenvalue weighted by atomic mass is 9.88. The van der Waals surface area contributed by atoms with Crippen molar-refractivity contribution < 1.29 is 77.7 Å². The minimum absolute atomic E-state index is 0.0704. The molecule has 10 rings (SSSR count). The number of nitrogens with one attached hydrogen (secondary N) is 1. The number of aromatic nitrogens is 1. The van der Waals surface area contributed by atoms with Crippen LogP contribution in [0, 0.1) is 23.7 Å². The van der Waals surface area contributed by atoms with E-state index in [1.54, 1.807) is 37.3 Å². The molecule has 3 fully saturated rings. The number of allylic oxidation sites excluding steroid dienone is 1. The van der Waals surface area contributed by atoms with E-state index in [1.165, 1.54) is 33.3 Å². The number of hydrogen-bond donors (Lipinski definition) is 6. The number of ether oxygens (including phenoxy) is 10. The molecule has 3 unspecified atom stereocenters. The highest BCUT2D eigenvalue weighted by molar-refractivity contribution is 6.30. The summed E-state index contributed by atoms with van der Waals surface area (Å²) in [4.78, 5) is 20.9. The molecule has 73 heavy (non-hydrogen) atoms. The van der Waals surface area contributed by atoms with Gasteiger partial charge in [-0.2, -0.15) is 0 Å². The van der Waals surface area contributed by atoms with Crippen molar-refractivity contribution in [2.45, 2.75) is 151 Å². The Balaban J connectivity index is 1.08. The molecule has 15 atom stereocenters. The Labute approximate surface area is 428 Å². The van der Waals surface area contributed by atoms with Gasteiger partial charge in [-0.1, -0.05) is 35.3 Å². The number of carbonyl (C=O) groups is 1. The van der Waals surface area contributed by atoms with Crippen LogP contribution in [0.25, 0.3) is 10.8 Å². The van der Waals surface area contributed by atoms with Crippen LogP contribution < -0.4 is 24.3 Å². The highest BCUT2D eigenvalue weighted by Crippen LogP contribution is 2.54. The van der Waals surface area contributed by atoms with Crippen LogP contribution in [0.1, 0.15) is 63.5 Å². The fourth-order valence-electron chi connectivity index (χ4n) is 10.4. The second-order valence-electron chi connectivity index (χ2n) is 19.9. The fourth-order valence-corrected chi connectivity index (χ4v) is 10.6. The zero-order chi connectivity index (χ0) is 52.3. The summed E-state index contributed by atoms with van der Waals surface area (Å²) >= 11 is 6.88. The topological polar surface area (TPSA) is 242 Å². The van der Waals surface area contributed by atoms with Gasteiger partial charge in [0.05, 0.1) is 68.5 Å². The molecule has 0 radical (unpaired) electrons. The molecule has 3 aromatic rings. The summed E-state index contributed by atoms with van der Waals surface area (Å²) < 4.78 is 62.3. The molecule has 3 saturated heterocycles. The number of hydrogen-bond acceptors (Lipinski definition) is 18. The number of methoxy groups -OCH3 is 2. The molecule has 2 aliphatic carbocycles. The SMILES string of the molecule is COc1c(OC(C)C)cc2cc(O)c(C(=O)NC3Cc4ccc(c(Cl)n4)O[C@H]4C=C5C#CC(=CC#C[C@@H]6OC56[C@@H]4O[C@H]4C[C@@](C)(O)[C@@H](O)[C@H](C)O4)C(O[C@H]4C[C@H](O)[C@H](N(C)C)[C@H](C)O4)CO[C@H]3O)cc2c1OC. The minimum atomic E-state index is -1.76. The number of pyridine rings is 1. The Morgan fingerprint density at radius 3 is 2.45 bits per heavy atom. The molecule has 392 valence electrons. The van der Waals surface area contributed by atoms with Gasteiger partial charge in [0.1, 0.15) is 30.2 Å². The molecule has 0 saturated carbocycles. The number of aliphatic hydroxyl groups excluding tert-OH is 3.